The number of nitrogens with one attached hydrogen (secondary N) is 1. The van der Waals surface area contributed by atoms with Gasteiger partial charge in [0, 0.05) is 13.0 Å². The van der Waals surface area contributed by atoms with Gasteiger partial charge < -0.3 is 15.2 Å². The normalized spacial score (nSPS) is 9.74. The maximum atomic E-state index is 13.4. The molecule has 0 aliphatic heterocycles. The zero-order valence-corrected chi connectivity index (χ0v) is 15.7. The highest BCUT2D eigenvalue weighted by Gasteiger charge is 2.05. The second-order valence-electron chi connectivity index (χ2n) is 5.52. The van der Waals surface area contributed by atoms with E-state index in [2.05, 4.69) is 5.32 Å². The van der Waals surface area contributed by atoms with E-state index in [-0.39, 0.29) is 24.8 Å². The van der Waals surface area contributed by atoms with Gasteiger partial charge in [0.15, 0.2) is 6.61 Å². The van der Waals surface area contributed by atoms with Crippen LogP contribution >= 0.6 is 0 Å². The lowest BCUT2D eigenvalue weighted by Gasteiger charge is -2.08. The molecular formula is C21H26FNO4. The van der Waals surface area contributed by atoms with Gasteiger partial charge in [-0.25, -0.2) is 4.39 Å². The standard InChI is InChI=1S/C19H20FNO4.C2H6/c20-17-4-2-1-3-15(17)11-12-21-18(22)13-25-16-8-5-14(6-9-16)7-10-19(23)24;1-2/h1-6,8-9H,7,10-13H2,(H,21,22)(H,23,24);1-2H3. The van der Waals surface area contributed by atoms with Crippen LogP contribution in [-0.4, -0.2) is 30.1 Å². The summed E-state index contributed by atoms with van der Waals surface area (Å²) in [5.41, 5.74) is 1.45. The molecule has 6 heteroatoms. The van der Waals surface area contributed by atoms with Crippen molar-refractivity contribution in [3.05, 3.63) is 65.5 Å². The van der Waals surface area contributed by atoms with Crippen molar-refractivity contribution in [3.8, 4) is 5.75 Å². The van der Waals surface area contributed by atoms with Crippen molar-refractivity contribution in [1.29, 1.82) is 0 Å². The third-order valence-electron chi connectivity index (χ3n) is 3.60. The van der Waals surface area contributed by atoms with Gasteiger partial charge in [-0.3, -0.25) is 9.59 Å². The number of aliphatic carboxylic acids is 1. The lowest BCUT2D eigenvalue weighted by atomic mass is 10.1. The van der Waals surface area contributed by atoms with Gasteiger partial charge in [-0.2, -0.15) is 0 Å². The van der Waals surface area contributed by atoms with Crippen LogP contribution in [0.3, 0.4) is 0 Å². The lowest BCUT2D eigenvalue weighted by Crippen LogP contribution is -2.30. The van der Waals surface area contributed by atoms with E-state index >= 15 is 0 Å². The number of benzene rings is 2. The minimum atomic E-state index is -0.840. The number of amides is 1. The van der Waals surface area contributed by atoms with Crippen molar-refractivity contribution in [2.75, 3.05) is 13.2 Å². The summed E-state index contributed by atoms with van der Waals surface area (Å²) in [4.78, 5) is 22.3. The molecule has 0 aliphatic rings. The summed E-state index contributed by atoms with van der Waals surface area (Å²) in [5.74, 6) is -0.877. The second kappa shape index (κ2) is 12.5. The predicted molar refractivity (Wildman–Crippen MR) is 102 cm³/mol. The van der Waals surface area contributed by atoms with Crippen LogP contribution in [0.1, 0.15) is 31.4 Å². The van der Waals surface area contributed by atoms with E-state index in [1.807, 2.05) is 13.8 Å². The Hall–Kier alpha value is -2.89. The highest BCUT2D eigenvalue weighted by atomic mass is 19.1. The first-order chi connectivity index (χ1) is 13.0. The van der Waals surface area contributed by atoms with Crippen LogP contribution < -0.4 is 10.1 Å². The molecule has 0 bridgehead atoms. The molecule has 0 spiro atoms. The summed E-state index contributed by atoms with van der Waals surface area (Å²) in [7, 11) is 0. The fourth-order valence-electron chi connectivity index (χ4n) is 2.24. The Morgan fingerprint density at radius 3 is 2.33 bits per heavy atom. The molecule has 2 N–H and O–H groups in total. The molecule has 0 atom stereocenters. The van der Waals surface area contributed by atoms with Gasteiger partial charge in [0.25, 0.3) is 5.91 Å². The third kappa shape index (κ3) is 8.85. The van der Waals surface area contributed by atoms with Gasteiger partial charge in [-0.15, -0.1) is 0 Å². The number of rotatable bonds is 9. The molecule has 0 aromatic heterocycles. The summed E-state index contributed by atoms with van der Waals surface area (Å²) >= 11 is 0. The number of carbonyl (C=O) groups excluding carboxylic acids is 1. The number of hydrogen-bond acceptors (Lipinski definition) is 3. The number of ether oxygens (including phenoxy) is 1. The zero-order chi connectivity index (χ0) is 20.1. The van der Waals surface area contributed by atoms with E-state index in [4.69, 9.17) is 9.84 Å². The number of halogens is 1. The van der Waals surface area contributed by atoms with E-state index in [9.17, 15) is 14.0 Å². The van der Waals surface area contributed by atoms with Crippen molar-refractivity contribution in [1.82, 2.24) is 5.32 Å². The maximum Gasteiger partial charge on any atom is 0.303 e. The number of carboxylic acids is 1. The quantitative estimate of drug-likeness (QED) is 0.702. The third-order valence-corrected chi connectivity index (χ3v) is 3.60. The van der Waals surface area contributed by atoms with Crippen LogP contribution in [0, 0.1) is 5.82 Å². The Labute approximate surface area is 159 Å². The van der Waals surface area contributed by atoms with E-state index in [1.165, 1.54) is 6.07 Å². The first kappa shape index (κ1) is 22.2. The molecular weight excluding hydrogens is 349 g/mol. The molecule has 27 heavy (non-hydrogen) atoms. The minimum Gasteiger partial charge on any atom is -0.484 e. The van der Waals surface area contributed by atoms with Crippen molar-refractivity contribution in [3.63, 3.8) is 0 Å². The highest BCUT2D eigenvalue weighted by Crippen LogP contribution is 2.13. The van der Waals surface area contributed by atoms with Gasteiger partial charge in [0.1, 0.15) is 11.6 Å². The van der Waals surface area contributed by atoms with E-state index < -0.39 is 5.97 Å². The van der Waals surface area contributed by atoms with Crippen molar-refractivity contribution in [2.45, 2.75) is 33.1 Å². The minimum absolute atomic E-state index is 0.0740. The Morgan fingerprint density at radius 2 is 1.70 bits per heavy atom. The van der Waals surface area contributed by atoms with E-state index in [0.717, 1.165) is 5.56 Å². The zero-order valence-electron chi connectivity index (χ0n) is 15.7. The van der Waals surface area contributed by atoms with Crippen LogP contribution in [-0.2, 0) is 22.4 Å². The topological polar surface area (TPSA) is 75.6 Å². The van der Waals surface area contributed by atoms with Gasteiger partial charge in [-0.05, 0) is 42.2 Å². The Kier molecular flexibility index (Phi) is 10.2. The Balaban J connectivity index is 0.00000176. The summed E-state index contributed by atoms with van der Waals surface area (Å²) < 4.78 is 18.8. The number of hydrogen-bond donors (Lipinski definition) is 2. The molecule has 146 valence electrons. The Bertz CT molecular complexity index is 716. The van der Waals surface area contributed by atoms with Gasteiger partial charge in [0.2, 0.25) is 0 Å². The highest BCUT2D eigenvalue weighted by molar-refractivity contribution is 5.77. The summed E-state index contributed by atoms with van der Waals surface area (Å²) in [6.07, 6.45) is 0.938. The number of carboxylic acid groups (broad SMARTS) is 1. The predicted octanol–water partition coefficient (Wildman–Crippen LogP) is 3.61. The average molecular weight is 375 g/mol. The van der Waals surface area contributed by atoms with Crippen LogP contribution in [0.25, 0.3) is 0 Å². The molecule has 0 unspecified atom stereocenters. The molecule has 0 heterocycles. The van der Waals surface area contributed by atoms with Gasteiger partial charge in [-0.1, -0.05) is 44.2 Å². The van der Waals surface area contributed by atoms with Crippen LogP contribution in [0.2, 0.25) is 0 Å². The maximum absolute atomic E-state index is 13.4. The molecule has 0 aliphatic carbocycles. The largest absolute Gasteiger partial charge is 0.484 e. The molecule has 2 rings (SSSR count). The number of carbonyl (C=O) groups is 2. The van der Waals surface area contributed by atoms with Crippen molar-refractivity contribution < 1.29 is 23.8 Å². The summed E-state index contributed by atoms with van der Waals surface area (Å²) in [6.45, 7) is 4.20. The fraction of sp³-hybridized carbons (Fsp3) is 0.333. The smallest absolute Gasteiger partial charge is 0.303 e. The molecule has 2 aromatic rings. The first-order valence-electron chi connectivity index (χ1n) is 8.98. The molecule has 5 nitrogen and oxygen atoms in total. The number of aryl methyl sites for hydroxylation is 1. The van der Waals surface area contributed by atoms with Crippen molar-refractivity contribution in [2.24, 2.45) is 0 Å². The Morgan fingerprint density at radius 1 is 1.04 bits per heavy atom. The first-order valence-corrected chi connectivity index (χ1v) is 8.98. The molecule has 0 fully saturated rings. The van der Waals surface area contributed by atoms with E-state index in [0.29, 0.717) is 30.7 Å². The van der Waals surface area contributed by atoms with Crippen LogP contribution in [0.5, 0.6) is 5.75 Å². The molecule has 0 saturated carbocycles. The van der Waals surface area contributed by atoms with Crippen molar-refractivity contribution >= 4 is 11.9 Å². The van der Waals surface area contributed by atoms with Gasteiger partial charge >= 0.3 is 5.97 Å². The molecule has 2 aromatic carbocycles. The summed E-state index contributed by atoms with van der Waals surface area (Å²) in [5, 5.41) is 11.3. The molecule has 0 saturated heterocycles. The van der Waals surface area contributed by atoms with Crippen LogP contribution in [0.15, 0.2) is 48.5 Å². The SMILES string of the molecule is CC.O=C(O)CCc1ccc(OCC(=O)NCCc2ccccc2F)cc1. The summed E-state index contributed by atoms with van der Waals surface area (Å²) in [6, 6.07) is 13.4. The van der Waals surface area contributed by atoms with Crippen LogP contribution in [0.4, 0.5) is 4.39 Å². The monoisotopic (exact) mass is 375 g/mol. The fourth-order valence-corrected chi connectivity index (χ4v) is 2.24. The molecule has 0 radical (unpaired) electrons. The lowest BCUT2D eigenvalue weighted by molar-refractivity contribution is -0.137. The van der Waals surface area contributed by atoms with E-state index in [1.54, 1.807) is 42.5 Å². The second-order valence-corrected chi connectivity index (χ2v) is 5.52. The van der Waals surface area contributed by atoms with Gasteiger partial charge in [0.05, 0.1) is 0 Å². The average Bonchev–Trinajstić information content (AvgIpc) is 2.68. The molecule has 1 amide bonds.